The molecule has 1 aromatic carbocycles. The fourth-order valence-electron chi connectivity index (χ4n) is 2.22. The maximum Gasteiger partial charge on any atom is 0.165 e. The Balaban J connectivity index is 1.70. The van der Waals surface area contributed by atoms with E-state index in [2.05, 4.69) is 20.5 Å². The summed E-state index contributed by atoms with van der Waals surface area (Å²) in [6, 6.07) is 9.81. The molecule has 6 heteroatoms. The van der Waals surface area contributed by atoms with Gasteiger partial charge in [-0.2, -0.15) is 0 Å². The predicted molar refractivity (Wildman–Crippen MR) is 87.7 cm³/mol. The fraction of sp³-hybridized carbons (Fsp3) is 0.188. The normalized spacial score (nSPS) is 10.7. The molecule has 5 nitrogen and oxygen atoms in total. The van der Waals surface area contributed by atoms with Gasteiger partial charge in [0.25, 0.3) is 0 Å². The SMILES string of the molecule is Cc1cc(Cl)ccc1CNc1ccc(-c2nncn2C)cn1. The van der Waals surface area contributed by atoms with Gasteiger partial charge in [-0.15, -0.1) is 10.2 Å². The van der Waals surface area contributed by atoms with Gasteiger partial charge in [-0.25, -0.2) is 4.98 Å². The van der Waals surface area contributed by atoms with Crippen LogP contribution in [0.4, 0.5) is 5.82 Å². The quantitative estimate of drug-likeness (QED) is 0.801. The van der Waals surface area contributed by atoms with Crippen molar-refractivity contribution in [1.82, 2.24) is 19.7 Å². The first-order valence-corrected chi connectivity index (χ1v) is 7.30. The zero-order valence-corrected chi connectivity index (χ0v) is 13.2. The second-order valence-corrected chi connectivity index (χ2v) is 5.56. The molecule has 2 aromatic heterocycles. The van der Waals surface area contributed by atoms with Crippen LogP contribution in [-0.4, -0.2) is 19.7 Å². The van der Waals surface area contributed by atoms with Crippen molar-refractivity contribution in [3.05, 3.63) is 59.0 Å². The van der Waals surface area contributed by atoms with Crippen LogP contribution in [0.2, 0.25) is 5.02 Å². The Bertz CT molecular complexity index is 779. The molecule has 0 saturated carbocycles. The molecule has 0 unspecified atom stereocenters. The highest BCUT2D eigenvalue weighted by atomic mass is 35.5. The van der Waals surface area contributed by atoms with E-state index in [4.69, 9.17) is 11.6 Å². The molecule has 1 N–H and O–H groups in total. The number of nitrogens with zero attached hydrogens (tertiary/aromatic N) is 4. The average Bonchev–Trinajstić information content (AvgIpc) is 2.93. The number of rotatable bonds is 4. The number of hydrogen-bond donors (Lipinski definition) is 1. The van der Waals surface area contributed by atoms with Crippen LogP contribution in [-0.2, 0) is 13.6 Å². The largest absolute Gasteiger partial charge is 0.366 e. The molecule has 0 aliphatic heterocycles. The lowest BCUT2D eigenvalue weighted by Gasteiger charge is -2.09. The third-order valence-corrected chi connectivity index (χ3v) is 3.73. The summed E-state index contributed by atoms with van der Waals surface area (Å²) in [6.07, 6.45) is 3.46. The van der Waals surface area contributed by atoms with E-state index in [1.54, 1.807) is 12.5 Å². The van der Waals surface area contributed by atoms with Crippen LogP contribution in [0.1, 0.15) is 11.1 Å². The zero-order chi connectivity index (χ0) is 15.5. The summed E-state index contributed by atoms with van der Waals surface area (Å²) < 4.78 is 1.86. The van der Waals surface area contributed by atoms with Crippen LogP contribution < -0.4 is 5.32 Å². The molecular weight excluding hydrogens is 298 g/mol. The molecule has 0 spiro atoms. The zero-order valence-electron chi connectivity index (χ0n) is 12.4. The van der Waals surface area contributed by atoms with Crippen LogP contribution >= 0.6 is 11.6 Å². The van der Waals surface area contributed by atoms with E-state index in [1.165, 1.54) is 5.56 Å². The Morgan fingerprint density at radius 2 is 2.09 bits per heavy atom. The minimum Gasteiger partial charge on any atom is -0.366 e. The van der Waals surface area contributed by atoms with Crippen molar-refractivity contribution >= 4 is 17.4 Å². The molecule has 112 valence electrons. The van der Waals surface area contributed by atoms with Crippen molar-refractivity contribution in [2.75, 3.05) is 5.32 Å². The van der Waals surface area contributed by atoms with Crippen LogP contribution in [0, 0.1) is 6.92 Å². The van der Waals surface area contributed by atoms with Gasteiger partial charge >= 0.3 is 0 Å². The summed E-state index contributed by atoms with van der Waals surface area (Å²) in [5, 5.41) is 12.0. The summed E-state index contributed by atoms with van der Waals surface area (Å²) in [5.41, 5.74) is 3.30. The van der Waals surface area contributed by atoms with Gasteiger partial charge in [0.2, 0.25) is 0 Å². The summed E-state index contributed by atoms with van der Waals surface area (Å²) in [5.74, 6) is 1.62. The maximum atomic E-state index is 5.97. The smallest absolute Gasteiger partial charge is 0.165 e. The molecule has 0 amide bonds. The van der Waals surface area contributed by atoms with Crippen molar-refractivity contribution in [3.63, 3.8) is 0 Å². The van der Waals surface area contributed by atoms with E-state index in [1.807, 2.05) is 48.9 Å². The molecule has 0 atom stereocenters. The number of anilines is 1. The Labute approximate surface area is 134 Å². The van der Waals surface area contributed by atoms with Crippen molar-refractivity contribution in [1.29, 1.82) is 0 Å². The maximum absolute atomic E-state index is 5.97. The number of hydrogen-bond acceptors (Lipinski definition) is 4. The molecule has 0 aliphatic rings. The number of pyridine rings is 1. The summed E-state index contributed by atoms with van der Waals surface area (Å²) in [4.78, 5) is 4.42. The molecule has 0 bridgehead atoms. The number of halogens is 1. The van der Waals surface area contributed by atoms with Crippen molar-refractivity contribution in [3.8, 4) is 11.4 Å². The fourth-order valence-corrected chi connectivity index (χ4v) is 2.45. The van der Waals surface area contributed by atoms with E-state index >= 15 is 0 Å². The van der Waals surface area contributed by atoms with Crippen molar-refractivity contribution in [2.45, 2.75) is 13.5 Å². The summed E-state index contributed by atoms with van der Waals surface area (Å²) >= 11 is 5.97. The Morgan fingerprint density at radius 3 is 2.73 bits per heavy atom. The lowest BCUT2D eigenvalue weighted by Crippen LogP contribution is -2.03. The third-order valence-electron chi connectivity index (χ3n) is 3.50. The van der Waals surface area contributed by atoms with Crippen LogP contribution in [0.15, 0.2) is 42.9 Å². The highest BCUT2D eigenvalue weighted by molar-refractivity contribution is 6.30. The highest BCUT2D eigenvalue weighted by Crippen LogP contribution is 2.18. The standard InChI is InChI=1S/C16H16ClN5/c1-11-7-14(17)5-3-12(11)8-18-15-6-4-13(9-19-15)16-21-20-10-22(16)2/h3-7,9-10H,8H2,1-2H3,(H,18,19). The molecule has 3 rings (SSSR count). The van der Waals surface area contributed by atoms with E-state index in [0.29, 0.717) is 6.54 Å². The van der Waals surface area contributed by atoms with E-state index in [-0.39, 0.29) is 0 Å². The number of aryl methyl sites for hydroxylation is 2. The number of aromatic nitrogens is 4. The van der Waals surface area contributed by atoms with Gasteiger partial charge in [-0.3, -0.25) is 0 Å². The molecule has 0 fully saturated rings. The molecule has 0 saturated heterocycles. The van der Waals surface area contributed by atoms with E-state index in [0.717, 1.165) is 27.8 Å². The number of benzene rings is 1. The lowest BCUT2D eigenvalue weighted by molar-refractivity contribution is 0.918. The lowest BCUT2D eigenvalue weighted by atomic mass is 10.1. The molecule has 2 heterocycles. The van der Waals surface area contributed by atoms with Gasteiger partial charge in [0.05, 0.1) is 0 Å². The van der Waals surface area contributed by atoms with Gasteiger partial charge in [-0.1, -0.05) is 17.7 Å². The topological polar surface area (TPSA) is 55.6 Å². The second kappa shape index (κ2) is 6.15. The van der Waals surface area contributed by atoms with Crippen LogP contribution in [0.3, 0.4) is 0 Å². The summed E-state index contributed by atoms with van der Waals surface area (Å²) in [7, 11) is 1.91. The molecular formula is C16H16ClN5. The molecule has 0 aliphatic carbocycles. The van der Waals surface area contributed by atoms with Crippen LogP contribution in [0.5, 0.6) is 0 Å². The van der Waals surface area contributed by atoms with Crippen molar-refractivity contribution in [2.24, 2.45) is 7.05 Å². The third kappa shape index (κ3) is 3.09. The van der Waals surface area contributed by atoms with Crippen molar-refractivity contribution < 1.29 is 0 Å². The summed E-state index contributed by atoms with van der Waals surface area (Å²) in [6.45, 7) is 2.76. The minimum atomic E-state index is 0.708. The Hall–Kier alpha value is -2.40. The van der Waals surface area contributed by atoms with Crippen LogP contribution in [0.25, 0.3) is 11.4 Å². The molecule has 0 radical (unpaired) electrons. The average molecular weight is 314 g/mol. The van der Waals surface area contributed by atoms with Gasteiger partial charge < -0.3 is 9.88 Å². The second-order valence-electron chi connectivity index (χ2n) is 5.12. The highest BCUT2D eigenvalue weighted by Gasteiger charge is 2.05. The predicted octanol–water partition coefficient (Wildman–Crippen LogP) is 3.45. The minimum absolute atomic E-state index is 0.708. The monoisotopic (exact) mass is 313 g/mol. The van der Waals surface area contributed by atoms with Gasteiger partial charge in [0, 0.05) is 30.4 Å². The number of nitrogens with one attached hydrogen (secondary N) is 1. The first-order valence-electron chi connectivity index (χ1n) is 6.93. The molecule has 22 heavy (non-hydrogen) atoms. The van der Waals surface area contributed by atoms with Gasteiger partial charge in [-0.05, 0) is 42.3 Å². The molecule has 3 aromatic rings. The first kappa shape index (κ1) is 14.5. The van der Waals surface area contributed by atoms with Gasteiger partial charge in [0.15, 0.2) is 5.82 Å². The Morgan fingerprint density at radius 1 is 1.23 bits per heavy atom. The van der Waals surface area contributed by atoms with Gasteiger partial charge in [0.1, 0.15) is 12.1 Å². The van der Waals surface area contributed by atoms with E-state index in [9.17, 15) is 0 Å². The first-order chi connectivity index (χ1) is 10.6. The Kier molecular flexibility index (Phi) is 4.06. The van der Waals surface area contributed by atoms with E-state index < -0.39 is 0 Å².